The third-order valence-corrected chi connectivity index (χ3v) is 6.49. The van der Waals surface area contributed by atoms with E-state index in [0.717, 1.165) is 11.3 Å². The summed E-state index contributed by atoms with van der Waals surface area (Å²) in [5, 5.41) is 8.47. The molecule has 0 aliphatic carbocycles. The summed E-state index contributed by atoms with van der Waals surface area (Å²) in [7, 11) is 0. The first-order chi connectivity index (χ1) is 15.6. The van der Waals surface area contributed by atoms with Crippen molar-refractivity contribution in [2.24, 2.45) is 22.1 Å². The Labute approximate surface area is 184 Å². The largest absolute Gasteiger partial charge is 0.357 e. The van der Waals surface area contributed by atoms with E-state index in [2.05, 4.69) is 10.2 Å². The highest BCUT2D eigenvalue weighted by atomic mass is 16.7. The number of nitrogens with zero attached hydrogens (tertiary/aromatic N) is 3. The molecule has 4 heterocycles. The van der Waals surface area contributed by atoms with Crippen LogP contribution in [0.5, 0.6) is 0 Å². The minimum absolute atomic E-state index is 0.261. The van der Waals surface area contributed by atoms with Crippen LogP contribution in [0.4, 0.5) is 17.1 Å². The van der Waals surface area contributed by atoms with Gasteiger partial charge in [-0.15, -0.1) is 0 Å². The topological polar surface area (TPSA) is 89.8 Å². The average Bonchev–Trinajstić information content (AvgIpc) is 3.58. The van der Waals surface area contributed by atoms with Crippen LogP contribution in [0, 0.1) is 18.8 Å². The van der Waals surface area contributed by atoms with Gasteiger partial charge in [0.05, 0.1) is 48.2 Å². The van der Waals surface area contributed by atoms with Gasteiger partial charge < -0.3 is 14.2 Å². The first-order valence-corrected chi connectivity index (χ1v) is 10.6. The average molecular weight is 431 g/mol. The molecule has 8 nitrogen and oxygen atoms in total. The number of hydrogen-bond acceptors (Lipinski definition) is 7. The Hall–Kier alpha value is -3.20. The van der Waals surface area contributed by atoms with Crippen LogP contribution < -0.4 is 4.90 Å². The van der Waals surface area contributed by atoms with E-state index in [1.165, 1.54) is 4.90 Å². The van der Waals surface area contributed by atoms with E-state index >= 15 is 0 Å². The van der Waals surface area contributed by atoms with Crippen molar-refractivity contribution in [3.8, 4) is 0 Å². The molecule has 0 spiro atoms. The molecule has 2 aromatic rings. The lowest BCUT2D eigenvalue weighted by molar-refractivity contribution is -0.180. The van der Waals surface area contributed by atoms with E-state index in [4.69, 9.17) is 14.2 Å². The number of carbonyl (C=O) groups excluding carboxylic acids is 2. The summed E-state index contributed by atoms with van der Waals surface area (Å²) in [6, 6.07) is 14.6. The van der Waals surface area contributed by atoms with Crippen LogP contribution in [-0.4, -0.2) is 43.0 Å². The summed E-state index contributed by atoms with van der Waals surface area (Å²) >= 11 is 0. The Morgan fingerprint density at radius 1 is 0.906 bits per heavy atom. The lowest BCUT2D eigenvalue weighted by Crippen LogP contribution is -2.49. The molecule has 3 saturated heterocycles. The first-order valence-electron chi connectivity index (χ1n) is 10.6. The fourth-order valence-electron chi connectivity index (χ4n) is 4.98. The molecule has 0 N–H and O–H groups in total. The van der Waals surface area contributed by atoms with Crippen molar-refractivity contribution in [1.82, 2.24) is 0 Å². The molecule has 0 saturated carbocycles. The van der Waals surface area contributed by atoms with Crippen LogP contribution in [0.3, 0.4) is 0 Å². The number of hydrogen-bond donors (Lipinski definition) is 0. The lowest BCUT2D eigenvalue weighted by Gasteiger charge is -2.32. The fourth-order valence-corrected chi connectivity index (χ4v) is 4.98. The smallest absolute Gasteiger partial charge is 0.241 e. The third-order valence-electron chi connectivity index (χ3n) is 6.49. The zero-order chi connectivity index (χ0) is 21.9. The summed E-state index contributed by atoms with van der Waals surface area (Å²) in [5.41, 5.74) is 1.99. The Balaban J connectivity index is 1.25. The minimum Gasteiger partial charge on any atom is -0.357 e. The van der Waals surface area contributed by atoms with Gasteiger partial charge in [-0.2, -0.15) is 10.2 Å². The van der Waals surface area contributed by atoms with Gasteiger partial charge in [-0.1, -0.05) is 23.8 Å². The van der Waals surface area contributed by atoms with Crippen LogP contribution in [-0.2, 0) is 23.8 Å². The second kappa shape index (κ2) is 7.16. The number of carbonyl (C=O) groups is 2. The van der Waals surface area contributed by atoms with E-state index in [9.17, 15) is 9.59 Å². The highest BCUT2D eigenvalue weighted by Crippen LogP contribution is 2.55. The van der Waals surface area contributed by atoms with Crippen molar-refractivity contribution in [3.63, 3.8) is 0 Å². The maximum Gasteiger partial charge on any atom is 0.241 e. The van der Waals surface area contributed by atoms with Gasteiger partial charge in [-0.05, 0) is 49.4 Å². The van der Waals surface area contributed by atoms with Crippen molar-refractivity contribution in [2.45, 2.75) is 24.9 Å². The molecule has 162 valence electrons. The Kier molecular flexibility index (Phi) is 4.36. The molecule has 32 heavy (non-hydrogen) atoms. The highest BCUT2D eigenvalue weighted by molar-refractivity contribution is 6.23. The van der Waals surface area contributed by atoms with E-state index in [0.29, 0.717) is 24.6 Å². The predicted molar refractivity (Wildman–Crippen MR) is 114 cm³/mol. The maximum atomic E-state index is 13.4. The van der Waals surface area contributed by atoms with Gasteiger partial charge in [-0.25, -0.2) is 4.90 Å². The summed E-state index contributed by atoms with van der Waals surface area (Å²) in [4.78, 5) is 27.9. The lowest BCUT2D eigenvalue weighted by atomic mass is 9.76. The number of rotatable bonds is 4. The number of azo groups is 1. The van der Waals surface area contributed by atoms with Gasteiger partial charge in [0.2, 0.25) is 11.8 Å². The number of anilines is 1. The number of amides is 2. The molecule has 4 aliphatic rings. The van der Waals surface area contributed by atoms with Gasteiger partial charge in [0, 0.05) is 0 Å². The van der Waals surface area contributed by atoms with Crippen LogP contribution in [0.25, 0.3) is 0 Å². The molecule has 8 heteroatoms. The Morgan fingerprint density at radius 3 is 2.19 bits per heavy atom. The Bertz CT molecular complexity index is 1140. The number of imide groups is 1. The third kappa shape index (κ3) is 2.80. The van der Waals surface area contributed by atoms with Crippen molar-refractivity contribution in [2.75, 3.05) is 18.1 Å². The van der Waals surface area contributed by atoms with E-state index in [1.54, 1.807) is 24.3 Å². The van der Waals surface area contributed by atoms with Crippen LogP contribution in [0.1, 0.15) is 5.56 Å². The van der Waals surface area contributed by atoms with Crippen molar-refractivity contribution in [1.29, 1.82) is 0 Å². The molecular weight excluding hydrogens is 410 g/mol. The normalized spacial score (nSPS) is 31.4. The standard InChI is InChI=1S/C24H21N3O5/c1-14-2-4-15(5-3-14)25-26-16-6-8-17(9-7-16)27-21(28)19-18-10-11-24(32-18,20(19)22(27)29)23-30-12-13-31-23/h2-11,18-20,23H,12-13H2,1H3/t18-,19-,20+,24-/m1/s1. The summed E-state index contributed by atoms with van der Waals surface area (Å²) in [6.07, 6.45) is 2.55. The van der Waals surface area contributed by atoms with Crippen molar-refractivity contribution < 1.29 is 23.8 Å². The molecule has 6 rings (SSSR count). The van der Waals surface area contributed by atoms with E-state index in [-0.39, 0.29) is 11.8 Å². The molecule has 0 unspecified atom stereocenters. The van der Waals surface area contributed by atoms with E-state index in [1.807, 2.05) is 43.3 Å². The van der Waals surface area contributed by atoms with Gasteiger partial charge in [0.25, 0.3) is 0 Å². The molecule has 2 amide bonds. The molecule has 2 aromatic carbocycles. The van der Waals surface area contributed by atoms with Crippen molar-refractivity contribution in [3.05, 3.63) is 66.2 Å². The zero-order valence-corrected chi connectivity index (χ0v) is 17.4. The summed E-state index contributed by atoms with van der Waals surface area (Å²) in [6.45, 7) is 2.89. The molecular formula is C24H21N3O5. The number of aryl methyl sites for hydroxylation is 1. The van der Waals surface area contributed by atoms with Crippen LogP contribution in [0.15, 0.2) is 70.9 Å². The molecule has 4 atom stereocenters. The van der Waals surface area contributed by atoms with Gasteiger partial charge in [0.15, 0.2) is 11.9 Å². The van der Waals surface area contributed by atoms with Gasteiger partial charge in [-0.3, -0.25) is 9.59 Å². The van der Waals surface area contributed by atoms with E-state index < -0.39 is 29.8 Å². The maximum absolute atomic E-state index is 13.4. The molecule has 3 fully saturated rings. The van der Waals surface area contributed by atoms with Crippen molar-refractivity contribution >= 4 is 28.9 Å². The zero-order valence-electron chi connectivity index (χ0n) is 17.4. The first kappa shape index (κ1) is 19.5. The van der Waals surface area contributed by atoms with Crippen LogP contribution >= 0.6 is 0 Å². The second-order valence-electron chi connectivity index (χ2n) is 8.44. The monoisotopic (exact) mass is 431 g/mol. The molecule has 0 aromatic heterocycles. The molecule has 0 radical (unpaired) electrons. The SMILES string of the molecule is Cc1ccc(N=Nc2ccc(N3C(=O)[C@H]4[C@@H](C3=O)[C@@]3(C5OCCO5)C=C[C@H]4O3)cc2)cc1. The quantitative estimate of drug-likeness (QED) is 0.419. The van der Waals surface area contributed by atoms with Gasteiger partial charge in [0.1, 0.15) is 0 Å². The number of benzene rings is 2. The fraction of sp³-hybridized carbons (Fsp3) is 0.333. The molecule has 4 aliphatic heterocycles. The second-order valence-corrected chi connectivity index (χ2v) is 8.44. The Morgan fingerprint density at radius 2 is 1.53 bits per heavy atom. The molecule has 2 bridgehead atoms. The minimum atomic E-state index is -1.05. The summed E-state index contributed by atoms with van der Waals surface area (Å²) in [5.74, 6) is -1.78. The highest BCUT2D eigenvalue weighted by Gasteiger charge is 2.71. The van der Waals surface area contributed by atoms with Gasteiger partial charge >= 0.3 is 0 Å². The summed E-state index contributed by atoms with van der Waals surface area (Å²) < 4.78 is 17.4. The number of fused-ring (bicyclic) bond motifs is 5. The predicted octanol–water partition coefficient (Wildman–Crippen LogP) is 3.60. The number of ether oxygens (including phenoxy) is 3. The van der Waals surface area contributed by atoms with Crippen LogP contribution in [0.2, 0.25) is 0 Å².